The highest BCUT2D eigenvalue weighted by Crippen LogP contribution is 2.39. The molecule has 1 saturated heterocycles. The molecular formula is C21H21ClF2N4O2. The molecule has 2 N–H and O–H groups in total. The molecular weight excluding hydrogens is 414 g/mol. The molecule has 9 heteroatoms. The maximum absolute atomic E-state index is 12.3. The van der Waals surface area contributed by atoms with Crippen LogP contribution in [0.5, 0.6) is 11.5 Å². The average Bonchev–Trinajstić information content (AvgIpc) is 2.89. The van der Waals surface area contributed by atoms with Gasteiger partial charge < -0.3 is 20.3 Å². The van der Waals surface area contributed by atoms with Crippen molar-refractivity contribution in [3.63, 3.8) is 0 Å². The Morgan fingerprint density at radius 2 is 2.13 bits per heavy atom. The van der Waals surface area contributed by atoms with Gasteiger partial charge in [0.15, 0.2) is 5.75 Å². The standard InChI is InChI=1S/C21H21ClF2N4O2/c22-13-5-6-18-16(9-13)27-21(15-3-1-2-4-17(15)30-18)28-8-7-25-14(12-28)10-20(29)26-11-19(23)24/h1-6,9,14,19,25H,7-8,10-12H2,(H,26,29)/t14-/m0/s1. The van der Waals surface area contributed by atoms with Gasteiger partial charge in [-0.1, -0.05) is 23.7 Å². The van der Waals surface area contributed by atoms with Crippen molar-refractivity contribution in [2.75, 3.05) is 26.2 Å². The summed E-state index contributed by atoms with van der Waals surface area (Å²) in [6.45, 7) is 1.19. The van der Waals surface area contributed by atoms with Gasteiger partial charge in [-0.3, -0.25) is 4.79 Å². The van der Waals surface area contributed by atoms with Gasteiger partial charge in [-0.15, -0.1) is 0 Å². The molecule has 0 aliphatic carbocycles. The highest BCUT2D eigenvalue weighted by atomic mass is 35.5. The number of amides is 1. The van der Waals surface area contributed by atoms with Crippen molar-refractivity contribution >= 4 is 29.0 Å². The third-order valence-electron chi connectivity index (χ3n) is 4.94. The van der Waals surface area contributed by atoms with E-state index in [2.05, 4.69) is 15.5 Å². The summed E-state index contributed by atoms with van der Waals surface area (Å²) in [5.41, 5.74) is 1.46. The number of amidine groups is 1. The third-order valence-corrected chi connectivity index (χ3v) is 5.17. The van der Waals surface area contributed by atoms with E-state index >= 15 is 0 Å². The molecule has 30 heavy (non-hydrogen) atoms. The molecule has 2 aromatic rings. The highest BCUT2D eigenvalue weighted by molar-refractivity contribution is 6.31. The van der Waals surface area contributed by atoms with E-state index in [1.165, 1.54) is 0 Å². The van der Waals surface area contributed by atoms with Crippen molar-refractivity contribution in [2.45, 2.75) is 18.9 Å². The summed E-state index contributed by atoms with van der Waals surface area (Å²) < 4.78 is 30.7. The number of piperazine rings is 1. The van der Waals surface area contributed by atoms with Gasteiger partial charge in [-0.25, -0.2) is 13.8 Å². The van der Waals surface area contributed by atoms with Crippen LogP contribution >= 0.6 is 11.6 Å². The minimum Gasteiger partial charge on any atom is -0.454 e. The molecule has 1 amide bonds. The Morgan fingerprint density at radius 3 is 2.97 bits per heavy atom. The Hall–Kier alpha value is -2.71. The smallest absolute Gasteiger partial charge is 0.255 e. The van der Waals surface area contributed by atoms with E-state index in [-0.39, 0.29) is 12.5 Å². The topological polar surface area (TPSA) is 66.0 Å². The highest BCUT2D eigenvalue weighted by Gasteiger charge is 2.28. The van der Waals surface area contributed by atoms with Crippen molar-refractivity contribution < 1.29 is 18.3 Å². The van der Waals surface area contributed by atoms with Crippen LogP contribution in [0.2, 0.25) is 5.02 Å². The third kappa shape index (κ3) is 4.71. The number of carbonyl (C=O) groups excluding carboxylic acids is 1. The van der Waals surface area contributed by atoms with Crippen LogP contribution in [0.3, 0.4) is 0 Å². The molecule has 2 aliphatic rings. The number of hydrogen-bond acceptors (Lipinski definition) is 5. The molecule has 2 aliphatic heterocycles. The van der Waals surface area contributed by atoms with E-state index in [0.29, 0.717) is 41.8 Å². The maximum Gasteiger partial charge on any atom is 0.255 e. The molecule has 0 aromatic heterocycles. The van der Waals surface area contributed by atoms with E-state index in [1.807, 2.05) is 24.3 Å². The predicted molar refractivity (Wildman–Crippen MR) is 111 cm³/mol. The average molecular weight is 435 g/mol. The van der Waals surface area contributed by atoms with Crippen LogP contribution in [-0.2, 0) is 4.79 Å². The zero-order valence-electron chi connectivity index (χ0n) is 16.1. The number of ether oxygens (including phenoxy) is 1. The van der Waals surface area contributed by atoms with E-state index in [0.717, 1.165) is 11.4 Å². The second kappa shape index (κ2) is 8.97. The van der Waals surface area contributed by atoms with Gasteiger partial charge >= 0.3 is 0 Å². The van der Waals surface area contributed by atoms with Gasteiger partial charge in [0, 0.05) is 37.1 Å². The fraction of sp³-hybridized carbons (Fsp3) is 0.333. The van der Waals surface area contributed by atoms with Gasteiger partial charge in [0.25, 0.3) is 6.43 Å². The van der Waals surface area contributed by atoms with Gasteiger partial charge in [-0.05, 0) is 30.3 Å². The lowest BCUT2D eigenvalue weighted by molar-refractivity contribution is -0.122. The summed E-state index contributed by atoms with van der Waals surface area (Å²) in [7, 11) is 0. The molecule has 1 fully saturated rings. The predicted octanol–water partition coefficient (Wildman–Crippen LogP) is 3.57. The van der Waals surface area contributed by atoms with Crippen molar-refractivity contribution in [1.29, 1.82) is 0 Å². The molecule has 0 unspecified atom stereocenters. The van der Waals surface area contributed by atoms with Crippen LogP contribution < -0.4 is 15.4 Å². The lowest BCUT2D eigenvalue weighted by atomic mass is 10.1. The van der Waals surface area contributed by atoms with Crippen molar-refractivity contribution in [3.05, 3.63) is 53.1 Å². The first kappa shape index (κ1) is 20.6. The van der Waals surface area contributed by atoms with Crippen molar-refractivity contribution in [1.82, 2.24) is 15.5 Å². The second-order valence-corrected chi connectivity index (χ2v) is 7.58. The first-order chi connectivity index (χ1) is 14.5. The number of nitrogens with zero attached hydrogens (tertiary/aromatic N) is 2. The number of rotatable bonds is 4. The molecule has 1 atom stereocenters. The lowest BCUT2D eigenvalue weighted by Gasteiger charge is -2.35. The van der Waals surface area contributed by atoms with E-state index < -0.39 is 18.9 Å². The van der Waals surface area contributed by atoms with Crippen LogP contribution in [-0.4, -0.2) is 55.3 Å². The van der Waals surface area contributed by atoms with Gasteiger partial charge in [-0.2, -0.15) is 0 Å². The Kier molecular flexibility index (Phi) is 6.15. The van der Waals surface area contributed by atoms with Crippen LogP contribution in [0.1, 0.15) is 12.0 Å². The number of para-hydroxylation sites is 1. The molecule has 0 saturated carbocycles. The molecule has 2 aromatic carbocycles. The fourth-order valence-corrected chi connectivity index (χ4v) is 3.75. The summed E-state index contributed by atoms with van der Waals surface area (Å²) in [6, 6.07) is 12.7. The fourth-order valence-electron chi connectivity index (χ4n) is 3.58. The van der Waals surface area contributed by atoms with E-state index in [9.17, 15) is 13.6 Å². The molecule has 4 rings (SSSR count). The number of halogens is 3. The van der Waals surface area contributed by atoms with E-state index in [4.69, 9.17) is 21.3 Å². The first-order valence-corrected chi connectivity index (χ1v) is 10.1. The normalized spacial score (nSPS) is 18.1. The maximum atomic E-state index is 12.3. The summed E-state index contributed by atoms with van der Waals surface area (Å²) in [5, 5.41) is 6.09. The van der Waals surface area contributed by atoms with Crippen LogP contribution in [0, 0.1) is 0 Å². The number of hydrogen-bond donors (Lipinski definition) is 2. The van der Waals surface area contributed by atoms with Crippen LogP contribution in [0.15, 0.2) is 47.5 Å². The number of alkyl halides is 2. The molecule has 0 spiro atoms. The largest absolute Gasteiger partial charge is 0.454 e. The Balaban J connectivity index is 1.59. The second-order valence-electron chi connectivity index (χ2n) is 7.14. The summed E-state index contributed by atoms with van der Waals surface area (Å²) in [5.74, 6) is 1.62. The number of carbonyl (C=O) groups is 1. The monoisotopic (exact) mass is 434 g/mol. The molecule has 2 heterocycles. The molecule has 0 radical (unpaired) electrons. The Bertz CT molecular complexity index is 970. The van der Waals surface area contributed by atoms with Crippen molar-refractivity contribution in [2.24, 2.45) is 4.99 Å². The zero-order chi connectivity index (χ0) is 21.1. The number of benzene rings is 2. The Morgan fingerprint density at radius 1 is 1.30 bits per heavy atom. The molecule has 0 bridgehead atoms. The molecule has 158 valence electrons. The SMILES string of the molecule is O=C(C[C@H]1CN(C2=Nc3cc(Cl)ccc3Oc3ccccc32)CCN1)NCC(F)F. The number of nitrogens with one attached hydrogen (secondary N) is 2. The van der Waals surface area contributed by atoms with Crippen LogP contribution in [0.4, 0.5) is 14.5 Å². The minimum atomic E-state index is -2.56. The summed E-state index contributed by atoms with van der Waals surface area (Å²) in [6.07, 6.45) is -2.45. The number of fused-ring (bicyclic) bond motifs is 2. The van der Waals surface area contributed by atoms with Gasteiger partial charge in [0.05, 0.1) is 12.1 Å². The summed E-state index contributed by atoms with van der Waals surface area (Å²) >= 11 is 6.16. The van der Waals surface area contributed by atoms with E-state index in [1.54, 1.807) is 18.2 Å². The number of aliphatic imine (C=N–C) groups is 1. The van der Waals surface area contributed by atoms with Gasteiger partial charge in [0.1, 0.15) is 17.3 Å². The van der Waals surface area contributed by atoms with Crippen LogP contribution in [0.25, 0.3) is 0 Å². The zero-order valence-corrected chi connectivity index (χ0v) is 16.8. The van der Waals surface area contributed by atoms with Crippen molar-refractivity contribution in [3.8, 4) is 11.5 Å². The van der Waals surface area contributed by atoms with Gasteiger partial charge in [0.2, 0.25) is 5.91 Å². The Labute approximate surface area is 177 Å². The quantitative estimate of drug-likeness (QED) is 0.772. The minimum absolute atomic E-state index is 0.108. The molecule has 6 nitrogen and oxygen atoms in total. The summed E-state index contributed by atoms with van der Waals surface area (Å²) in [4.78, 5) is 18.9. The first-order valence-electron chi connectivity index (χ1n) is 9.68. The lowest BCUT2D eigenvalue weighted by Crippen LogP contribution is -2.54.